The molecule has 1 unspecified atom stereocenters. The Morgan fingerprint density at radius 2 is 1.68 bits per heavy atom. The van der Waals surface area contributed by atoms with Crippen molar-refractivity contribution >= 4 is 23.6 Å². The summed E-state index contributed by atoms with van der Waals surface area (Å²) in [7, 11) is 0. The number of carbonyl (C=O) groups excluding carboxylic acids is 4. The maximum atomic E-state index is 12.7. The molecule has 2 heterocycles. The van der Waals surface area contributed by atoms with Gasteiger partial charge in [-0.3, -0.25) is 24.1 Å². The van der Waals surface area contributed by atoms with Crippen molar-refractivity contribution in [2.75, 3.05) is 39.3 Å². The van der Waals surface area contributed by atoms with Gasteiger partial charge in [-0.15, -0.1) is 0 Å². The second-order valence-corrected chi connectivity index (χ2v) is 9.37. The molecule has 1 atom stereocenters. The Morgan fingerprint density at radius 3 is 2.29 bits per heavy atom. The van der Waals surface area contributed by atoms with Gasteiger partial charge in [0.05, 0.1) is 30.8 Å². The molecule has 0 spiro atoms. The lowest BCUT2D eigenvalue weighted by Gasteiger charge is -2.23. The fourth-order valence-electron chi connectivity index (χ4n) is 4.15. The molecule has 2 N–H and O–H groups in total. The van der Waals surface area contributed by atoms with E-state index in [0.717, 1.165) is 19.5 Å². The zero-order chi connectivity index (χ0) is 22.6. The van der Waals surface area contributed by atoms with Crippen LogP contribution in [0.25, 0.3) is 0 Å². The van der Waals surface area contributed by atoms with Crippen LogP contribution >= 0.6 is 0 Å². The van der Waals surface area contributed by atoms with E-state index in [1.807, 2.05) is 25.7 Å². The van der Waals surface area contributed by atoms with Gasteiger partial charge in [-0.25, -0.2) is 0 Å². The van der Waals surface area contributed by atoms with Gasteiger partial charge in [0.25, 0.3) is 17.7 Å². The average Bonchev–Trinajstić information content (AvgIpc) is 2.85. The Morgan fingerprint density at radius 1 is 1.03 bits per heavy atom. The van der Waals surface area contributed by atoms with E-state index in [1.54, 1.807) is 24.3 Å². The molecule has 3 rings (SSSR count). The third kappa shape index (κ3) is 5.91. The van der Waals surface area contributed by atoms with E-state index in [-0.39, 0.29) is 35.7 Å². The lowest BCUT2D eigenvalue weighted by Crippen LogP contribution is -3.13. The summed E-state index contributed by atoms with van der Waals surface area (Å²) in [6, 6.07) is 6.81. The zero-order valence-corrected chi connectivity index (χ0v) is 18.7. The van der Waals surface area contributed by atoms with Crippen molar-refractivity contribution in [2.45, 2.75) is 45.6 Å². The largest absolute Gasteiger partial charge is 0.347 e. The highest BCUT2D eigenvalue weighted by Gasteiger charge is 2.34. The molecule has 0 saturated carbocycles. The first-order valence-corrected chi connectivity index (χ1v) is 11.0. The first kappa shape index (κ1) is 22.9. The highest BCUT2D eigenvalue weighted by atomic mass is 16.2. The summed E-state index contributed by atoms with van der Waals surface area (Å²) in [5.41, 5.74) is 0.624. The molecule has 1 saturated heterocycles. The molecule has 0 bridgehead atoms. The van der Waals surface area contributed by atoms with Gasteiger partial charge in [0, 0.05) is 31.5 Å². The Labute approximate surface area is 183 Å². The number of amides is 4. The van der Waals surface area contributed by atoms with Crippen LogP contribution in [0.1, 0.15) is 60.7 Å². The molecular weight excluding hydrogens is 396 g/mol. The lowest BCUT2D eigenvalue weighted by molar-refractivity contribution is -0.889. The third-order valence-electron chi connectivity index (χ3n) is 5.62. The Hall–Kier alpha value is -2.74. The summed E-state index contributed by atoms with van der Waals surface area (Å²) in [5.74, 6) is -0.494. The first-order chi connectivity index (χ1) is 14.7. The first-order valence-electron chi connectivity index (χ1n) is 11.0. The van der Waals surface area contributed by atoms with Crippen LogP contribution in [-0.2, 0) is 9.59 Å². The van der Waals surface area contributed by atoms with Crippen LogP contribution in [0.3, 0.4) is 0 Å². The molecule has 2 aliphatic heterocycles. The average molecular weight is 430 g/mol. The quantitative estimate of drug-likeness (QED) is 0.628. The summed E-state index contributed by atoms with van der Waals surface area (Å²) in [6.07, 6.45) is 1.60. The van der Waals surface area contributed by atoms with Gasteiger partial charge in [-0.2, -0.15) is 0 Å². The smallest absolute Gasteiger partial charge is 0.275 e. The topological polar surface area (TPSA) is 91.2 Å². The summed E-state index contributed by atoms with van der Waals surface area (Å²) in [4.78, 5) is 54.0. The number of hydrogen-bond acceptors (Lipinski definition) is 4. The molecule has 0 aliphatic carbocycles. The number of nitrogens with zero attached hydrogens (tertiary/aromatic N) is 2. The van der Waals surface area contributed by atoms with Crippen molar-refractivity contribution in [1.29, 1.82) is 0 Å². The molecule has 0 aromatic heterocycles. The molecule has 8 heteroatoms. The number of hydrogen-bond donors (Lipinski definition) is 2. The fourth-order valence-corrected chi connectivity index (χ4v) is 4.15. The van der Waals surface area contributed by atoms with Crippen molar-refractivity contribution in [3.63, 3.8) is 0 Å². The summed E-state index contributed by atoms with van der Waals surface area (Å²) in [5, 5.41) is 2.99. The molecule has 1 aromatic carbocycles. The summed E-state index contributed by atoms with van der Waals surface area (Å²) < 4.78 is 0. The van der Waals surface area contributed by atoms with Crippen LogP contribution in [0.2, 0.25) is 0 Å². The highest BCUT2D eigenvalue weighted by Crippen LogP contribution is 2.22. The van der Waals surface area contributed by atoms with Gasteiger partial charge in [-0.05, 0) is 39.3 Å². The number of rotatable bonds is 6. The normalized spacial score (nSPS) is 19.3. The van der Waals surface area contributed by atoms with Gasteiger partial charge in [0.1, 0.15) is 0 Å². The summed E-state index contributed by atoms with van der Waals surface area (Å²) in [6.45, 7) is 9.44. The zero-order valence-electron chi connectivity index (χ0n) is 18.7. The van der Waals surface area contributed by atoms with Crippen LogP contribution in [0.4, 0.5) is 0 Å². The Balaban J connectivity index is 1.43. The molecule has 1 aromatic rings. The number of nitrogens with one attached hydrogen (secondary N) is 2. The minimum absolute atomic E-state index is 0.0308. The standard InChI is InChI=1S/C23H32N4O4/c1-23(2,3)24-19(28)16-25-11-7-12-26(15-14-25)20(29)10-6-13-27-21(30)17-8-4-5-9-18(17)22(27)31/h4-5,8-9H,6-7,10-16H2,1-3H3,(H,24,28)/p+1. The van der Waals surface area contributed by atoms with Crippen LogP contribution in [-0.4, -0.2) is 78.2 Å². The fraction of sp³-hybridized carbons (Fsp3) is 0.565. The third-order valence-corrected chi connectivity index (χ3v) is 5.62. The number of quaternary nitrogens is 1. The summed E-state index contributed by atoms with van der Waals surface area (Å²) >= 11 is 0. The minimum atomic E-state index is -0.282. The van der Waals surface area contributed by atoms with E-state index < -0.39 is 0 Å². The van der Waals surface area contributed by atoms with Gasteiger partial charge in [-0.1, -0.05) is 12.1 Å². The SMILES string of the molecule is CC(C)(C)NC(=O)C[NH+]1CCCN(C(=O)CCCN2C(=O)c3ccccc3C2=O)CC1. The molecule has 31 heavy (non-hydrogen) atoms. The molecular formula is C23H33N4O4+. The second kappa shape index (κ2) is 9.60. The van der Waals surface area contributed by atoms with Gasteiger partial charge < -0.3 is 15.1 Å². The number of benzene rings is 1. The van der Waals surface area contributed by atoms with Gasteiger partial charge in [0.2, 0.25) is 5.91 Å². The molecule has 1 fully saturated rings. The van der Waals surface area contributed by atoms with Crippen molar-refractivity contribution in [3.8, 4) is 0 Å². The Kier molecular flexibility index (Phi) is 7.10. The maximum Gasteiger partial charge on any atom is 0.275 e. The van der Waals surface area contributed by atoms with E-state index >= 15 is 0 Å². The molecule has 8 nitrogen and oxygen atoms in total. The van der Waals surface area contributed by atoms with Crippen LogP contribution in [0, 0.1) is 0 Å². The number of carbonyl (C=O) groups is 4. The van der Waals surface area contributed by atoms with Crippen molar-refractivity contribution in [1.82, 2.24) is 15.1 Å². The molecule has 4 amide bonds. The van der Waals surface area contributed by atoms with Crippen LogP contribution in [0.5, 0.6) is 0 Å². The van der Waals surface area contributed by atoms with Crippen molar-refractivity contribution in [2.24, 2.45) is 0 Å². The number of fused-ring (bicyclic) bond motifs is 1. The van der Waals surface area contributed by atoms with Crippen molar-refractivity contribution in [3.05, 3.63) is 35.4 Å². The van der Waals surface area contributed by atoms with E-state index in [0.29, 0.717) is 43.6 Å². The maximum absolute atomic E-state index is 12.7. The predicted octanol–water partition coefficient (Wildman–Crippen LogP) is 0.0947. The minimum Gasteiger partial charge on any atom is -0.347 e. The number of imide groups is 1. The molecule has 2 aliphatic rings. The monoisotopic (exact) mass is 429 g/mol. The van der Waals surface area contributed by atoms with Crippen LogP contribution in [0.15, 0.2) is 24.3 Å². The Bertz CT molecular complexity index is 826. The highest BCUT2D eigenvalue weighted by molar-refractivity contribution is 6.21. The van der Waals surface area contributed by atoms with E-state index in [1.165, 1.54) is 9.80 Å². The lowest BCUT2D eigenvalue weighted by atomic mass is 10.1. The van der Waals surface area contributed by atoms with Crippen LogP contribution < -0.4 is 10.2 Å². The van der Waals surface area contributed by atoms with E-state index in [2.05, 4.69) is 5.32 Å². The molecule has 0 radical (unpaired) electrons. The van der Waals surface area contributed by atoms with Gasteiger partial charge >= 0.3 is 0 Å². The van der Waals surface area contributed by atoms with E-state index in [9.17, 15) is 19.2 Å². The van der Waals surface area contributed by atoms with E-state index in [4.69, 9.17) is 0 Å². The van der Waals surface area contributed by atoms with Crippen molar-refractivity contribution < 1.29 is 24.1 Å². The molecule has 168 valence electrons. The van der Waals surface area contributed by atoms with Gasteiger partial charge in [0.15, 0.2) is 6.54 Å². The predicted molar refractivity (Wildman–Crippen MR) is 116 cm³/mol. The second-order valence-electron chi connectivity index (χ2n) is 9.37.